The average Bonchev–Trinajstić information content (AvgIpc) is 3.16. The second-order valence-corrected chi connectivity index (χ2v) is 7.19. The van der Waals surface area contributed by atoms with E-state index in [4.69, 9.17) is 9.47 Å². The molecule has 2 heterocycles. The van der Waals surface area contributed by atoms with Gasteiger partial charge < -0.3 is 30.8 Å². The van der Waals surface area contributed by atoms with E-state index >= 15 is 0 Å². The second-order valence-electron chi connectivity index (χ2n) is 7.19. The highest BCUT2D eigenvalue weighted by Crippen LogP contribution is 2.26. The molecule has 0 radical (unpaired) electrons. The normalized spacial score (nSPS) is 11.0. The van der Waals surface area contributed by atoms with Crippen molar-refractivity contribution >= 4 is 34.9 Å². The first-order valence-corrected chi connectivity index (χ1v) is 8.99. The molecule has 11 heteroatoms. The minimum atomic E-state index is -0.636. The third-order valence-corrected chi connectivity index (χ3v) is 3.67. The van der Waals surface area contributed by atoms with Crippen molar-refractivity contribution in [2.75, 3.05) is 23.2 Å². The Hall–Kier alpha value is -3.86. The van der Waals surface area contributed by atoms with Crippen LogP contribution >= 0.6 is 0 Å². The summed E-state index contributed by atoms with van der Waals surface area (Å²) in [6.45, 7) is 5.30. The van der Waals surface area contributed by atoms with Gasteiger partial charge in [0.15, 0.2) is 5.82 Å². The summed E-state index contributed by atoms with van der Waals surface area (Å²) in [6.07, 6.45) is 3.62. The molecule has 0 aliphatic heterocycles. The fraction of sp³-hybridized carbons (Fsp3) is 0.263. The molecule has 3 aromatic rings. The molecule has 0 aliphatic rings. The molecule has 2 aromatic heterocycles. The van der Waals surface area contributed by atoms with Crippen LogP contribution in [0.15, 0.2) is 42.9 Å². The van der Waals surface area contributed by atoms with Crippen LogP contribution in [0.5, 0.6) is 5.75 Å². The Bertz CT molecular complexity index is 1010. The third-order valence-electron chi connectivity index (χ3n) is 3.67. The number of anilines is 5. The summed E-state index contributed by atoms with van der Waals surface area (Å²) in [6, 6.07) is 7.12. The van der Waals surface area contributed by atoms with Gasteiger partial charge in [-0.2, -0.15) is 14.8 Å². The lowest BCUT2D eigenvalue weighted by atomic mass is 10.2. The van der Waals surface area contributed by atoms with Gasteiger partial charge in [0.05, 0.1) is 37.1 Å². The van der Waals surface area contributed by atoms with E-state index in [0.29, 0.717) is 17.1 Å². The molecule has 0 amide bonds. The molecule has 30 heavy (non-hydrogen) atoms. The predicted molar refractivity (Wildman–Crippen MR) is 112 cm³/mol. The van der Waals surface area contributed by atoms with E-state index in [0.717, 1.165) is 4.68 Å². The van der Waals surface area contributed by atoms with Crippen LogP contribution in [-0.2, 0) is 4.74 Å². The zero-order valence-electron chi connectivity index (χ0n) is 17.0. The minimum Gasteiger partial charge on any atom is -0.761 e. The van der Waals surface area contributed by atoms with Gasteiger partial charge >= 0.3 is 6.09 Å². The monoisotopic (exact) mass is 412 g/mol. The standard InChI is InChI=1S/C19H22N7O4/c1-19(2,3)30-18(27)26-11-13(9-21-26)23-17-20-10-15(25-28)16(24-17)22-12-5-7-14(29-4)8-6-12/h5-11,25H,1-4H3,(H2,20,22,23,24)/q-1. The predicted octanol–water partition coefficient (Wildman–Crippen LogP) is 3.86. The topological polar surface area (TPSA) is 138 Å². The van der Waals surface area contributed by atoms with Crippen molar-refractivity contribution in [1.82, 2.24) is 19.7 Å². The molecule has 3 N–H and O–H groups in total. The van der Waals surface area contributed by atoms with Crippen LogP contribution in [-0.4, -0.2) is 38.6 Å². The van der Waals surface area contributed by atoms with Crippen molar-refractivity contribution < 1.29 is 14.3 Å². The molecule has 0 fully saturated rings. The molecular weight excluding hydrogens is 390 g/mol. The Morgan fingerprint density at radius 1 is 1.10 bits per heavy atom. The minimum absolute atomic E-state index is 0.167. The van der Waals surface area contributed by atoms with Crippen LogP contribution in [0.1, 0.15) is 20.8 Å². The summed E-state index contributed by atoms with van der Waals surface area (Å²) in [5.74, 6) is 1.18. The summed E-state index contributed by atoms with van der Waals surface area (Å²) in [7, 11) is 1.58. The largest absolute Gasteiger partial charge is 0.761 e. The maximum Gasteiger partial charge on any atom is 0.435 e. The van der Waals surface area contributed by atoms with Gasteiger partial charge in [-0.3, -0.25) is 0 Å². The van der Waals surface area contributed by atoms with Gasteiger partial charge in [-0.05, 0) is 45.0 Å². The number of ether oxygens (including phenoxy) is 2. The van der Waals surface area contributed by atoms with Crippen LogP contribution in [0, 0.1) is 5.21 Å². The quantitative estimate of drug-likeness (QED) is 0.511. The van der Waals surface area contributed by atoms with Gasteiger partial charge in [-0.15, -0.1) is 0 Å². The molecule has 3 rings (SSSR count). The highest BCUT2D eigenvalue weighted by Gasteiger charge is 2.18. The molecular formula is C19H22N7O4-. The van der Waals surface area contributed by atoms with Gasteiger partial charge in [-0.25, -0.2) is 9.78 Å². The fourth-order valence-corrected chi connectivity index (χ4v) is 2.35. The van der Waals surface area contributed by atoms with Crippen LogP contribution < -0.4 is 20.9 Å². The number of methoxy groups -OCH3 is 1. The lowest BCUT2D eigenvalue weighted by Gasteiger charge is -2.18. The van der Waals surface area contributed by atoms with E-state index in [2.05, 4.69) is 25.7 Å². The van der Waals surface area contributed by atoms with Gasteiger partial charge in [0.25, 0.3) is 0 Å². The van der Waals surface area contributed by atoms with Gasteiger partial charge in [0.2, 0.25) is 5.95 Å². The zero-order valence-corrected chi connectivity index (χ0v) is 17.0. The third kappa shape index (κ3) is 5.35. The molecule has 158 valence electrons. The van der Waals surface area contributed by atoms with Gasteiger partial charge in [0, 0.05) is 5.69 Å². The maximum absolute atomic E-state index is 12.1. The van der Waals surface area contributed by atoms with E-state index in [1.165, 1.54) is 18.6 Å². The number of hydrogen-bond donors (Lipinski definition) is 3. The maximum atomic E-state index is 12.1. The summed E-state index contributed by atoms with van der Waals surface area (Å²) in [5, 5.41) is 21.2. The van der Waals surface area contributed by atoms with Crippen molar-refractivity contribution in [2.24, 2.45) is 0 Å². The van der Waals surface area contributed by atoms with Gasteiger partial charge in [-0.1, -0.05) is 0 Å². The summed E-state index contributed by atoms with van der Waals surface area (Å²) in [4.78, 5) is 20.5. The van der Waals surface area contributed by atoms with Crippen molar-refractivity contribution in [2.45, 2.75) is 26.4 Å². The summed E-state index contributed by atoms with van der Waals surface area (Å²) >= 11 is 0. The molecule has 0 spiro atoms. The zero-order chi connectivity index (χ0) is 21.7. The second kappa shape index (κ2) is 8.66. The van der Waals surface area contributed by atoms with E-state index in [9.17, 15) is 10.0 Å². The van der Waals surface area contributed by atoms with Crippen molar-refractivity contribution in [1.29, 1.82) is 0 Å². The first-order valence-electron chi connectivity index (χ1n) is 8.99. The fourth-order valence-electron chi connectivity index (χ4n) is 2.35. The van der Waals surface area contributed by atoms with E-state index in [-0.39, 0.29) is 17.5 Å². The van der Waals surface area contributed by atoms with Crippen molar-refractivity contribution in [3.8, 4) is 5.75 Å². The Kier molecular flexibility index (Phi) is 6.02. The number of rotatable bonds is 6. The number of benzene rings is 1. The highest BCUT2D eigenvalue weighted by atomic mass is 16.6. The molecule has 1 aromatic carbocycles. The Balaban J connectivity index is 1.75. The summed E-state index contributed by atoms with van der Waals surface area (Å²) in [5.41, 5.74) is 2.51. The number of hydrogen-bond acceptors (Lipinski definition) is 10. The van der Waals surface area contributed by atoms with Crippen molar-refractivity contribution in [3.05, 3.63) is 48.1 Å². The summed E-state index contributed by atoms with van der Waals surface area (Å²) < 4.78 is 11.5. The Labute approximate surface area is 173 Å². The lowest BCUT2D eigenvalue weighted by molar-refractivity contribution is 0.0514. The molecule has 0 saturated carbocycles. The van der Waals surface area contributed by atoms with E-state index in [1.807, 2.05) is 0 Å². The molecule has 0 atom stereocenters. The molecule has 0 bridgehead atoms. The molecule has 0 aliphatic carbocycles. The number of nitrogens with zero attached hydrogens (tertiary/aromatic N) is 4. The van der Waals surface area contributed by atoms with Crippen LogP contribution in [0.25, 0.3) is 0 Å². The molecule has 11 nitrogen and oxygen atoms in total. The average molecular weight is 412 g/mol. The number of carbonyl (C=O) groups is 1. The van der Waals surface area contributed by atoms with Gasteiger partial charge in [0.1, 0.15) is 11.4 Å². The Morgan fingerprint density at radius 2 is 1.83 bits per heavy atom. The van der Waals surface area contributed by atoms with E-state index in [1.54, 1.807) is 57.6 Å². The first kappa shape index (κ1) is 20.9. The lowest BCUT2D eigenvalue weighted by Crippen LogP contribution is -2.27. The van der Waals surface area contributed by atoms with Crippen molar-refractivity contribution in [3.63, 3.8) is 0 Å². The van der Waals surface area contributed by atoms with E-state index < -0.39 is 11.7 Å². The number of carbonyl (C=O) groups excluding carboxylic acids is 1. The van der Waals surface area contributed by atoms with Crippen LogP contribution in [0.3, 0.4) is 0 Å². The van der Waals surface area contributed by atoms with Crippen LogP contribution in [0.4, 0.5) is 33.6 Å². The molecule has 0 saturated heterocycles. The Morgan fingerprint density at radius 3 is 2.47 bits per heavy atom. The number of aromatic nitrogens is 4. The highest BCUT2D eigenvalue weighted by molar-refractivity contribution is 5.73. The van der Waals surface area contributed by atoms with Crippen LogP contribution in [0.2, 0.25) is 0 Å². The first-order chi connectivity index (χ1) is 14.3. The molecule has 0 unspecified atom stereocenters. The smallest absolute Gasteiger partial charge is 0.435 e. The number of nitrogens with one attached hydrogen (secondary N) is 3. The SMILES string of the molecule is COc1ccc(Nc2nc(Nc3cnn(C(=O)OC(C)(C)C)c3)ncc2N[O-])cc1.